The van der Waals surface area contributed by atoms with Gasteiger partial charge in [-0.1, -0.05) is 27.5 Å². The van der Waals surface area contributed by atoms with Crippen LogP contribution < -0.4 is 0 Å². The SMILES string of the molecule is Clc1ccc(SCCCBr)nc1. The summed E-state index contributed by atoms with van der Waals surface area (Å²) >= 11 is 10.8. The Morgan fingerprint density at radius 1 is 1.50 bits per heavy atom. The molecule has 0 saturated carbocycles. The second kappa shape index (κ2) is 5.84. The van der Waals surface area contributed by atoms with Crippen molar-refractivity contribution in [3.05, 3.63) is 23.4 Å². The maximum atomic E-state index is 5.69. The quantitative estimate of drug-likeness (QED) is 0.469. The molecule has 0 amide bonds. The third-order valence-electron chi connectivity index (χ3n) is 1.23. The van der Waals surface area contributed by atoms with E-state index in [9.17, 15) is 0 Å². The first-order chi connectivity index (χ1) is 5.83. The molecule has 1 heterocycles. The van der Waals surface area contributed by atoms with Gasteiger partial charge < -0.3 is 0 Å². The van der Waals surface area contributed by atoms with Gasteiger partial charge in [0.2, 0.25) is 0 Å². The van der Waals surface area contributed by atoms with Crippen LogP contribution in [0.4, 0.5) is 0 Å². The molecule has 0 bridgehead atoms. The van der Waals surface area contributed by atoms with E-state index < -0.39 is 0 Å². The van der Waals surface area contributed by atoms with Crippen molar-refractivity contribution in [2.75, 3.05) is 11.1 Å². The highest BCUT2D eigenvalue weighted by molar-refractivity contribution is 9.09. The molecule has 1 rings (SSSR count). The number of hydrogen-bond donors (Lipinski definition) is 0. The average molecular weight is 267 g/mol. The highest BCUT2D eigenvalue weighted by atomic mass is 79.9. The van der Waals surface area contributed by atoms with Crippen molar-refractivity contribution in [2.45, 2.75) is 11.4 Å². The molecule has 0 spiro atoms. The van der Waals surface area contributed by atoms with Gasteiger partial charge in [-0.3, -0.25) is 0 Å². The standard InChI is InChI=1S/C8H9BrClNS/c9-4-1-5-12-8-3-2-7(10)6-11-8/h2-3,6H,1,4-5H2. The van der Waals surface area contributed by atoms with Crippen LogP contribution in [0.3, 0.4) is 0 Å². The van der Waals surface area contributed by atoms with Crippen molar-refractivity contribution < 1.29 is 0 Å². The van der Waals surface area contributed by atoms with E-state index in [0.717, 1.165) is 22.5 Å². The highest BCUT2D eigenvalue weighted by Gasteiger charge is 1.94. The maximum Gasteiger partial charge on any atom is 0.0960 e. The van der Waals surface area contributed by atoms with Gasteiger partial charge in [0.05, 0.1) is 10.0 Å². The third-order valence-corrected chi connectivity index (χ3v) is 3.04. The molecule has 0 saturated heterocycles. The van der Waals surface area contributed by atoms with E-state index in [-0.39, 0.29) is 0 Å². The van der Waals surface area contributed by atoms with Gasteiger partial charge in [-0.25, -0.2) is 4.98 Å². The molecule has 4 heteroatoms. The van der Waals surface area contributed by atoms with Crippen LogP contribution in [0.2, 0.25) is 5.02 Å². The van der Waals surface area contributed by atoms with Crippen LogP contribution in [0.5, 0.6) is 0 Å². The Bertz CT molecular complexity index is 227. The van der Waals surface area contributed by atoms with Crippen LogP contribution in [-0.4, -0.2) is 16.1 Å². The van der Waals surface area contributed by atoms with Crippen LogP contribution in [0.1, 0.15) is 6.42 Å². The summed E-state index contributed by atoms with van der Waals surface area (Å²) in [5, 5.41) is 2.79. The Kier molecular flexibility index (Phi) is 5.04. The van der Waals surface area contributed by atoms with E-state index in [1.54, 1.807) is 18.0 Å². The number of pyridine rings is 1. The summed E-state index contributed by atoms with van der Waals surface area (Å²) in [6, 6.07) is 3.81. The summed E-state index contributed by atoms with van der Waals surface area (Å²) < 4.78 is 0. The normalized spacial score (nSPS) is 10.2. The summed E-state index contributed by atoms with van der Waals surface area (Å²) in [6.45, 7) is 0. The van der Waals surface area contributed by atoms with E-state index in [0.29, 0.717) is 5.02 Å². The zero-order valence-corrected chi connectivity index (χ0v) is 9.62. The number of rotatable bonds is 4. The lowest BCUT2D eigenvalue weighted by Crippen LogP contribution is -1.83. The van der Waals surface area contributed by atoms with Crippen LogP contribution in [0, 0.1) is 0 Å². The van der Waals surface area contributed by atoms with Crippen LogP contribution in [0.25, 0.3) is 0 Å². The number of aromatic nitrogens is 1. The second-order valence-electron chi connectivity index (χ2n) is 2.21. The predicted octanol–water partition coefficient (Wildman–Crippen LogP) is 3.61. The van der Waals surface area contributed by atoms with Gasteiger partial charge >= 0.3 is 0 Å². The first-order valence-corrected chi connectivity index (χ1v) is 6.12. The van der Waals surface area contributed by atoms with E-state index in [2.05, 4.69) is 20.9 Å². The molecule has 1 aromatic rings. The monoisotopic (exact) mass is 265 g/mol. The van der Waals surface area contributed by atoms with Gasteiger partial charge in [-0.2, -0.15) is 0 Å². The molecule has 0 aromatic carbocycles. The largest absolute Gasteiger partial charge is 0.248 e. The number of halogens is 2. The summed E-state index contributed by atoms with van der Waals surface area (Å²) in [5.41, 5.74) is 0. The lowest BCUT2D eigenvalue weighted by molar-refractivity contribution is 1.10. The smallest absolute Gasteiger partial charge is 0.0960 e. The summed E-state index contributed by atoms with van der Waals surface area (Å²) in [4.78, 5) is 4.17. The minimum Gasteiger partial charge on any atom is -0.248 e. The molecule has 0 aliphatic rings. The molecule has 66 valence electrons. The van der Waals surface area contributed by atoms with Crippen LogP contribution in [0.15, 0.2) is 23.4 Å². The van der Waals surface area contributed by atoms with E-state index in [4.69, 9.17) is 11.6 Å². The van der Waals surface area contributed by atoms with Gasteiger partial charge in [0.15, 0.2) is 0 Å². The van der Waals surface area contributed by atoms with Gasteiger partial charge in [0.25, 0.3) is 0 Å². The Morgan fingerprint density at radius 3 is 2.92 bits per heavy atom. The molecule has 0 unspecified atom stereocenters. The minimum atomic E-state index is 0.694. The van der Waals surface area contributed by atoms with Crippen molar-refractivity contribution in [1.29, 1.82) is 0 Å². The molecule has 12 heavy (non-hydrogen) atoms. The van der Waals surface area contributed by atoms with E-state index in [1.807, 2.05) is 12.1 Å². The zero-order chi connectivity index (χ0) is 8.81. The second-order valence-corrected chi connectivity index (χ2v) is 4.55. The summed E-state index contributed by atoms with van der Waals surface area (Å²) in [7, 11) is 0. The fourth-order valence-electron chi connectivity index (χ4n) is 0.679. The van der Waals surface area contributed by atoms with Crippen molar-refractivity contribution in [2.24, 2.45) is 0 Å². The lowest BCUT2D eigenvalue weighted by atomic mass is 10.5. The van der Waals surface area contributed by atoms with Crippen LogP contribution in [-0.2, 0) is 0 Å². The molecule has 0 N–H and O–H groups in total. The molecule has 0 atom stereocenters. The van der Waals surface area contributed by atoms with E-state index >= 15 is 0 Å². The topological polar surface area (TPSA) is 12.9 Å². The zero-order valence-electron chi connectivity index (χ0n) is 6.46. The van der Waals surface area contributed by atoms with Gasteiger partial charge in [-0.05, 0) is 18.6 Å². The molecule has 0 aliphatic carbocycles. The molecule has 1 nitrogen and oxygen atoms in total. The molecule has 0 radical (unpaired) electrons. The van der Waals surface area contributed by atoms with E-state index in [1.165, 1.54) is 0 Å². The fourth-order valence-corrected chi connectivity index (χ4v) is 2.23. The Hall–Kier alpha value is 0.270. The first-order valence-electron chi connectivity index (χ1n) is 3.63. The Labute approximate surface area is 90.0 Å². The number of thioether (sulfide) groups is 1. The first kappa shape index (κ1) is 10.4. The average Bonchev–Trinajstić information content (AvgIpc) is 2.09. The van der Waals surface area contributed by atoms with Gasteiger partial charge in [0, 0.05) is 17.3 Å². The number of hydrogen-bond acceptors (Lipinski definition) is 2. The van der Waals surface area contributed by atoms with Crippen molar-refractivity contribution in [3.8, 4) is 0 Å². The van der Waals surface area contributed by atoms with Gasteiger partial charge in [0.1, 0.15) is 0 Å². The van der Waals surface area contributed by atoms with Crippen molar-refractivity contribution >= 4 is 39.3 Å². The molecule has 0 aliphatic heterocycles. The molecule has 0 fully saturated rings. The summed E-state index contributed by atoms with van der Waals surface area (Å²) in [5.74, 6) is 1.10. The Balaban J connectivity index is 2.37. The van der Waals surface area contributed by atoms with Crippen molar-refractivity contribution in [3.63, 3.8) is 0 Å². The number of alkyl halides is 1. The maximum absolute atomic E-state index is 5.69. The summed E-state index contributed by atoms with van der Waals surface area (Å²) in [6.07, 6.45) is 2.84. The third kappa shape index (κ3) is 3.78. The number of nitrogens with zero attached hydrogens (tertiary/aromatic N) is 1. The predicted molar refractivity (Wildman–Crippen MR) is 58.4 cm³/mol. The fraction of sp³-hybridized carbons (Fsp3) is 0.375. The molecular formula is C8H9BrClNS. The Morgan fingerprint density at radius 2 is 2.33 bits per heavy atom. The van der Waals surface area contributed by atoms with Gasteiger partial charge in [-0.15, -0.1) is 11.8 Å². The lowest BCUT2D eigenvalue weighted by Gasteiger charge is -1.97. The van der Waals surface area contributed by atoms with Crippen molar-refractivity contribution in [1.82, 2.24) is 4.98 Å². The highest BCUT2D eigenvalue weighted by Crippen LogP contribution is 2.17. The van der Waals surface area contributed by atoms with Crippen LogP contribution >= 0.6 is 39.3 Å². The molecule has 1 aromatic heterocycles. The molecular weight excluding hydrogens is 258 g/mol. The minimum absolute atomic E-state index is 0.694.